The Hall–Kier alpha value is -1.61. The molecule has 0 saturated carbocycles. The zero-order valence-corrected chi connectivity index (χ0v) is 11.0. The molecule has 0 spiro atoms. The van der Waals surface area contributed by atoms with Crippen LogP contribution in [-0.2, 0) is 0 Å². The van der Waals surface area contributed by atoms with Crippen molar-refractivity contribution >= 4 is 16.3 Å². The number of rotatable bonds is 1. The summed E-state index contributed by atoms with van der Waals surface area (Å²) in [6.07, 6.45) is 2.12. The van der Waals surface area contributed by atoms with E-state index >= 15 is 0 Å². The Morgan fingerprint density at radius 2 is 1.94 bits per heavy atom. The molecule has 2 aromatic heterocycles. The van der Waals surface area contributed by atoms with Crippen LogP contribution >= 0.6 is 11.3 Å². The van der Waals surface area contributed by atoms with Gasteiger partial charge in [-0.2, -0.15) is 0 Å². The summed E-state index contributed by atoms with van der Waals surface area (Å²) in [6.45, 7) is 6.38. The van der Waals surface area contributed by atoms with Gasteiger partial charge in [0.05, 0.1) is 5.69 Å². The minimum absolute atomic E-state index is 1.06. The lowest BCUT2D eigenvalue weighted by Gasteiger charge is -2.02. The number of hydrogen-bond acceptors (Lipinski definition) is 2. The van der Waals surface area contributed by atoms with Crippen LogP contribution in [0.1, 0.15) is 16.8 Å². The number of thiazole rings is 1. The monoisotopic (exact) mass is 242 g/mol. The lowest BCUT2D eigenvalue weighted by atomic mass is 10.1. The normalized spacial score (nSPS) is 11.2. The van der Waals surface area contributed by atoms with Gasteiger partial charge < -0.3 is 0 Å². The van der Waals surface area contributed by atoms with Crippen LogP contribution < -0.4 is 0 Å². The molecule has 86 valence electrons. The molecule has 0 bridgehead atoms. The topological polar surface area (TPSA) is 17.3 Å². The highest BCUT2D eigenvalue weighted by atomic mass is 32.1. The number of aromatic nitrogens is 2. The van der Waals surface area contributed by atoms with Crippen molar-refractivity contribution in [2.24, 2.45) is 0 Å². The first-order valence-corrected chi connectivity index (χ1v) is 6.54. The molecule has 3 aromatic rings. The maximum absolute atomic E-state index is 4.66. The predicted molar refractivity (Wildman–Crippen MR) is 72.7 cm³/mol. The zero-order chi connectivity index (χ0) is 12.0. The van der Waals surface area contributed by atoms with Gasteiger partial charge in [0.1, 0.15) is 0 Å². The fraction of sp³-hybridized carbons (Fsp3) is 0.214. The highest BCUT2D eigenvalue weighted by molar-refractivity contribution is 7.15. The van der Waals surface area contributed by atoms with Crippen LogP contribution in [0.5, 0.6) is 0 Å². The average Bonchev–Trinajstić information content (AvgIpc) is 2.86. The van der Waals surface area contributed by atoms with E-state index in [1.165, 1.54) is 22.4 Å². The van der Waals surface area contributed by atoms with E-state index in [0.29, 0.717) is 0 Å². The number of imidazole rings is 1. The van der Waals surface area contributed by atoms with Gasteiger partial charge in [0.25, 0.3) is 0 Å². The summed E-state index contributed by atoms with van der Waals surface area (Å²) in [5.74, 6) is 0. The Morgan fingerprint density at radius 3 is 2.65 bits per heavy atom. The van der Waals surface area contributed by atoms with E-state index in [9.17, 15) is 0 Å². The zero-order valence-electron chi connectivity index (χ0n) is 10.2. The molecule has 3 rings (SSSR count). The molecule has 1 aromatic carbocycles. The van der Waals surface area contributed by atoms with Gasteiger partial charge in [-0.3, -0.25) is 4.40 Å². The van der Waals surface area contributed by atoms with Crippen molar-refractivity contribution in [1.29, 1.82) is 0 Å². The third kappa shape index (κ3) is 1.67. The Morgan fingerprint density at radius 1 is 1.12 bits per heavy atom. The molecule has 2 heterocycles. The van der Waals surface area contributed by atoms with Crippen LogP contribution in [0, 0.1) is 20.8 Å². The second kappa shape index (κ2) is 3.70. The Kier molecular flexibility index (Phi) is 2.30. The summed E-state index contributed by atoms with van der Waals surface area (Å²) in [7, 11) is 0. The summed E-state index contributed by atoms with van der Waals surface area (Å²) in [6, 6.07) is 6.51. The second-order valence-corrected chi connectivity index (χ2v) is 5.29. The number of benzene rings is 1. The third-order valence-corrected chi connectivity index (χ3v) is 4.15. The molecule has 0 saturated heterocycles. The lowest BCUT2D eigenvalue weighted by molar-refractivity contribution is 1.13. The quantitative estimate of drug-likeness (QED) is 0.630. The van der Waals surface area contributed by atoms with Crippen molar-refractivity contribution in [2.75, 3.05) is 0 Å². The lowest BCUT2D eigenvalue weighted by Crippen LogP contribution is -1.83. The minimum Gasteiger partial charge on any atom is -0.294 e. The van der Waals surface area contributed by atoms with Gasteiger partial charge >= 0.3 is 0 Å². The molecular formula is C14H14N2S. The molecule has 0 aliphatic heterocycles. The smallest absolute Gasteiger partial charge is 0.194 e. The van der Waals surface area contributed by atoms with Crippen LogP contribution in [0.2, 0.25) is 0 Å². The molecule has 0 N–H and O–H groups in total. The van der Waals surface area contributed by atoms with Crippen molar-refractivity contribution < 1.29 is 0 Å². The number of aryl methyl sites for hydroxylation is 3. The van der Waals surface area contributed by atoms with E-state index in [4.69, 9.17) is 0 Å². The maximum Gasteiger partial charge on any atom is 0.194 e. The summed E-state index contributed by atoms with van der Waals surface area (Å²) < 4.78 is 2.15. The van der Waals surface area contributed by atoms with Crippen LogP contribution in [0.4, 0.5) is 0 Å². The summed E-state index contributed by atoms with van der Waals surface area (Å²) in [4.78, 5) is 5.72. The first kappa shape index (κ1) is 10.5. The maximum atomic E-state index is 4.66. The molecule has 0 aliphatic rings. The Balaban J connectivity index is 2.16. The summed E-state index contributed by atoms with van der Waals surface area (Å²) in [5.41, 5.74) is 6.14. The average molecular weight is 242 g/mol. The minimum atomic E-state index is 1.06. The van der Waals surface area contributed by atoms with Gasteiger partial charge in [-0.25, -0.2) is 4.98 Å². The van der Waals surface area contributed by atoms with Crippen molar-refractivity contribution in [2.45, 2.75) is 20.8 Å². The fourth-order valence-corrected chi connectivity index (χ4v) is 2.78. The van der Waals surface area contributed by atoms with Crippen LogP contribution in [0.25, 0.3) is 16.2 Å². The van der Waals surface area contributed by atoms with Crippen LogP contribution in [0.3, 0.4) is 0 Å². The van der Waals surface area contributed by atoms with Crippen LogP contribution in [-0.4, -0.2) is 9.38 Å². The van der Waals surface area contributed by atoms with Gasteiger partial charge in [0, 0.05) is 22.8 Å². The van der Waals surface area contributed by atoms with E-state index < -0.39 is 0 Å². The molecule has 0 amide bonds. The highest BCUT2D eigenvalue weighted by Crippen LogP contribution is 2.24. The Labute approximate surface area is 105 Å². The molecule has 2 nitrogen and oxygen atoms in total. The number of fused-ring (bicyclic) bond motifs is 1. The molecule has 0 atom stereocenters. The van der Waals surface area contributed by atoms with E-state index in [0.717, 1.165) is 10.7 Å². The van der Waals surface area contributed by atoms with Crippen molar-refractivity contribution in [3.8, 4) is 11.3 Å². The molecule has 0 radical (unpaired) electrons. The molecule has 0 unspecified atom stereocenters. The van der Waals surface area contributed by atoms with Crippen molar-refractivity contribution in [3.05, 3.63) is 46.6 Å². The number of hydrogen-bond donors (Lipinski definition) is 0. The predicted octanol–water partition coefficient (Wildman–Crippen LogP) is 3.99. The number of nitrogens with zero attached hydrogens (tertiary/aromatic N) is 2. The van der Waals surface area contributed by atoms with E-state index in [1.54, 1.807) is 11.3 Å². The van der Waals surface area contributed by atoms with E-state index in [1.807, 2.05) is 0 Å². The fourth-order valence-electron chi connectivity index (χ4n) is 1.93. The van der Waals surface area contributed by atoms with Crippen molar-refractivity contribution in [3.63, 3.8) is 0 Å². The van der Waals surface area contributed by atoms with Gasteiger partial charge in [0.2, 0.25) is 0 Å². The molecule has 0 fully saturated rings. The SMILES string of the molecule is Cc1ccc(-c2cn3c(C)csc3n2)cc1C. The summed E-state index contributed by atoms with van der Waals surface area (Å²) in [5, 5.41) is 2.13. The van der Waals surface area contributed by atoms with E-state index in [2.05, 4.69) is 59.9 Å². The molecular weight excluding hydrogens is 228 g/mol. The summed E-state index contributed by atoms with van der Waals surface area (Å²) >= 11 is 1.69. The third-order valence-electron chi connectivity index (χ3n) is 3.19. The largest absolute Gasteiger partial charge is 0.294 e. The highest BCUT2D eigenvalue weighted by Gasteiger charge is 2.07. The van der Waals surface area contributed by atoms with Crippen LogP contribution in [0.15, 0.2) is 29.8 Å². The molecule has 0 aliphatic carbocycles. The Bertz CT molecular complexity index is 691. The van der Waals surface area contributed by atoms with E-state index in [-0.39, 0.29) is 0 Å². The molecule has 17 heavy (non-hydrogen) atoms. The van der Waals surface area contributed by atoms with Gasteiger partial charge in [0.15, 0.2) is 4.96 Å². The molecule has 3 heteroatoms. The first-order valence-electron chi connectivity index (χ1n) is 5.66. The van der Waals surface area contributed by atoms with Gasteiger partial charge in [-0.1, -0.05) is 12.1 Å². The van der Waals surface area contributed by atoms with Gasteiger partial charge in [-0.15, -0.1) is 11.3 Å². The van der Waals surface area contributed by atoms with Gasteiger partial charge in [-0.05, 0) is 38.0 Å². The van der Waals surface area contributed by atoms with Crippen molar-refractivity contribution in [1.82, 2.24) is 9.38 Å². The standard InChI is InChI=1S/C14H14N2S/c1-9-4-5-12(6-10(9)2)13-7-16-11(3)8-17-14(16)15-13/h4-8H,1-3H3. The second-order valence-electron chi connectivity index (χ2n) is 4.45. The first-order chi connectivity index (χ1) is 8.15.